The highest BCUT2D eigenvalue weighted by molar-refractivity contribution is 5.66. The minimum Gasteiger partial charge on any atom is -0.505 e. The summed E-state index contributed by atoms with van der Waals surface area (Å²) in [5.74, 6) is -1.71. The summed E-state index contributed by atoms with van der Waals surface area (Å²) in [6, 6.07) is 8.31. The molecule has 2 rings (SSSR count). The molecule has 0 aromatic heterocycles. The second-order valence-electron chi connectivity index (χ2n) is 3.49. The molecule has 0 unspecified atom stereocenters. The Bertz CT molecular complexity index is 553. The summed E-state index contributed by atoms with van der Waals surface area (Å²) in [5, 5.41) is 9.07. The first-order valence-electron chi connectivity index (χ1n) is 4.95. The number of ether oxygens (including phenoxy) is 1. The molecule has 4 heteroatoms. The molecule has 0 heterocycles. The van der Waals surface area contributed by atoms with Crippen LogP contribution in [-0.2, 0) is 0 Å². The topological polar surface area (TPSA) is 29.5 Å². The van der Waals surface area contributed by atoms with Gasteiger partial charge in [0, 0.05) is 5.56 Å². The third-order valence-electron chi connectivity index (χ3n) is 2.44. The fraction of sp³-hybridized carbons (Fsp3) is 0.0769. The first-order chi connectivity index (χ1) is 8.13. The number of methoxy groups -OCH3 is 1. The number of halogens is 2. The minimum absolute atomic E-state index is 0.0935. The summed E-state index contributed by atoms with van der Waals surface area (Å²) in [6.45, 7) is 0. The second-order valence-corrected chi connectivity index (χ2v) is 3.49. The molecule has 2 nitrogen and oxygen atoms in total. The first-order valence-corrected chi connectivity index (χ1v) is 4.95. The second kappa shape index (κ2) is 4.41. The van der Waals surface area contributed by atoms with Crippen LogP contribution in [0, 0.1) is 11.6 Å². The third-order valence-corrected chi connectivity index (χ3v) is 2.44. The Hall–Kier alpha value is -2.10. The van der Waals surface area contributed by atoms with Crippen LogP contribution in [0.15, 0.2) is 36.4 Å². The van der Waals surface area contributed by atoms with Crippen LogP contribution in [-0.4, -0.2) is 12.2 Å². The Morgan fingerprint density at radius 1 is 1.12 bits per heavy atom. The number of hydrogen-bond acceptors (Lipinski definition) is 2. The monoisotopic (exact) mass is 236 g/mol. The molecule has 88 valence electrons. The van der Waals surface area contributed by atoms with E-state index in [0.717, 1.165) is 6.07 Å². The van der Waals surface area contributed by atoms with Crippen molar-refractivity contribution in [1.29, 1.82) is 0 Å². The van der Waals surface area contributed by atoms with E-state index in [9.17, 15) is 8.78 Å². The molecule has 2 aromatic rings. The summed E-state index contributed by atoms with van der Waals surface area (Å²) < 4.78 is 31.9. The Kier molecular flexibility index (Phi) is 2.95. The van der Waals surface area contributed by atoms with Crippen molar-refractivity contribution in [3.8, 4) is 22.6 Å². The lowest BCUT2D eigenvalue weighted by atomic mass is 10.0. The van der Waals surface area contributed by atoms with Crippen LogP contribution in [0.2, 0.25) is 0 Å². The molecule has 0 aliphatic rings. The zero-order chi connectivity index (χ0) is 12.4. The van der Waals surface area contributed by atoms with Gasteiger partial charge in [0.05, 0.1) is 7.11 Å². The first kappa shape index (κ1) is 11.4. The summed E-state index contributed by atoms with van der Waals surface area (Å²) in [4.78, 5) is 0. The molecular weight excluding hydrogens is 226 g/mol. The van der Waals surface area contributed by atoms with Crippen LogP contribution in [0.4, 0.5) is 8.78 Å². The van der Waals surface area contributed by atoms with E-state index in [1.807, 2.05) is 0 Å². The lowest BCUT2D eigenvalue weighted by Crippen LogP contribution is -1.91. The van der Waals surface area contributed by atoms with Gasteiger partial charge in [-0.1, -0.05) is 18.2 Å². The standard InChI is InChI=1S/C13H10F2O2/c1-17-12-4-2-3-9(13(12)15)8-5-6-11(16)10(14)7-8/h2-7,16H,1H3. The maximum Gasteiger partial charge on any atom is 0.172 e. The number of phenolic OH excluding ortho intramolecular Hbond substituents is 1. The number of phenols is 1. The molecule has 0 radical (unpaired) electrons. The lowest BCUT2D eigenvalue weighted by Gasteiger charge is -2.07. The number of benzene rings is 2. The highest BCUT2D eigenvalue weighted by Crippen LogP contribution is 2.30. The Morgan fingerprint density at radius 2 is 1.88 bits per heavy atom. The summed E-state index contributed by atoms with van der Waals surface area (Å²) >= 11 is 0. The molecule has 1 N–H and O–H groups in total. The number of aromatic hydroxyl groups is 1. The predicted molar refractivity (Wildman–Crippen MR) is 60.0 cm³/mol. The van der Waals surface area contributed by atoms with Gasteiger partial charge in [-0.25, -0.2) is 8.78 Å². The van der Waals surface area contributed by atoms with Gasteiger partial charge in [-0.3, -0.25) is 0 Å². The van der Waals surface area contributed by atoms with Gasteiger partial charge in [-0.2, -0.15) is 0 Å². The van der Waals surface area contributed by atoms with Gasteiger partial charge < -0.3 is 9.84 Å². The van der Waals surface area contributed by atoms with Gasteiger partial charge in [-0.05, 0) is 23.8 Å². The quantitative estimate of drug-likeness (QED) is 0.866. The van der Waals surface area contributed by atoms with Gasteiger partial charge in [0.2, 0.25) is 0 Å². The van der Waals surface area contributed by atoms with Gasteiger partial charge in [0.1, 0.15) is 0 Å². The van der Waals surface area contributed by atoms with Gasteiger partial charge in [0.15, 0.2) is 23.1 Å². The fourth-order valence-corrected chi connectivity index (χ4v) is 1.57. The summed E-state index contributed by atoms with van der Waals surface area (Å²) in [6.07, 6.45) is 0. The zero-order valence-corrected chi connectivity index (χ0v) is 9.08. The Morgan fingerprint density at radius 3 is 2.53 bits per heavy atom. The lowest BCUT2D eigenvalue weighted by molar-refractivity contribution is 0.387. The summed E-state index contributed by atoms with van der Waals surface area (Å²) in [7, 11) is 1.36. The molecule has 2 aromatic carbocycles. The van der Waals surface area contributed by atoms with E-state index < -0.39 is 17.4 Å². The molecule has 0 saturated heterocycles. The van der Waals surface area contributed by atoms with E-state index in [4.69, 9.17) is 9.84 Å². The van der Waals surface area contributed by atoms with E-state index in [1.165, 1.54) is 31.4 Å². The van der Waals surface area contributed by atoms with Crippen LogP contribution in [0.3, 0.4) is 0 Å². The largest absolute Gasteiger partial charge is 0.505 e. The highest BCUT2D eigenvalue weighted by atomic mass is 19.1. The van der Waals surface area contributed by atoms with Crippen LogP contribution >= 0.6 is 0 Å². The van der Waals surface area contributed by atoms with Crippen molar-refractivity contribution < 1.29 is 18.6 Å². The molecule has 17 heavy (non-hydrogen) atoms. The van der Waals surface area contributed by atoms with E-state index >= 15 is 0 Å². The molecule has 0 aliphatic heterocycles. The minimum atomic E-state index is -0.787. The Balaban J connectivity index is 2.56. The van der Waals surface area contributed by atoms with Gasteiger partial charge in [0.25, 0.3) is 0 Å². The molecule has 0 bridgehead atoms. The Labute approximate surface area is 97.1 Å². The maximum absolute atomic E-state index is 13.9. The molecule has 0 aliphatic carbocycles. The highest BCUT2D eigenvalue weighted by Gasteiger charge is 2.11. The van der Waals surface area contributed by atoms with Crippen LogP contribution in [0.1, 0.15) is 0 Å². The SMILES string of the molecule is COc1cccc(-c2ccc(O)c(F)c2)c1F. The van der Waals surface area contributed by atoms with Gasteiger partial charge >= 0.3 is 0 Å². The van der Waals surface area contributed by atoms with Crippen molar-refractivity contribution in [3.63, 3.8) is 0 Å². The molecule has 0 fully saturated rings. The van der Waals surface area contributed by atoms with Crippen LogP contribution < -0.4 is 4.74 Å². The smallest absolute Gasteiger partial charge is 0.172 e. The normalized spacial score (nSPS) is 10.3. The van der Waals surface area contributed by atoms with Crippen molar-refractivity contribution in [2.24, 2.45) is 0 Å². The van der Waals surface area contributed by atoms with E-state index in [0.29, 0.717) is 5.56 Å². The average Bonchev–Trinajstić information content (AvgIpc) is 2.33. The van der Waals surface area contributed by atoms with Crippen molar-refractivity contribution in [3.05, 3.63) is 48.0 Å². The third kappa shape index (κ3) is 2.06. The summed E-state index contributed by atoms with van der Waals surface area (Å²) in [5.41, 5.74) is 0.569. The van der Waals surface area contributed by atoms with E-state index in [-0.39, 0.29) is 11.3 Å². The van der Waals surface area contributed by atoms with Crippen molar-refractivity contribution in [1.82, 2.24) is 0 Å². The fourth-order valence-electron chi connectivity index (χ4n) is 1.57. The van der Waals surface area contributed by atoms with Crippen LogP contribution in [0.25, 0.3) is 11.1 Å². The van der Waals surface area contributed by atoms with Crippen molar-refractivity contribution in [2.45, 2.75) is 0 Å². The zero-order valence-electron chi connectivity index (χ0n) is 9.08. The van der Waals surface area contributed by atoms with Crippen molar-refractivity contribution >= 4 is 0 Å². The van der Waals surface area contributed by atoms with Crippen LogP contribution in [0.5, 0.6) is 11.5 Å². The number of hydrogen-bond donors (Lipinski definition) is 1. The molecule has 0 saturated carbocycles. The molecular formula is C13H10F2O2. The van der Waals surface area contributed by atoms with Gasteiger partial charge in [-0.15, -0.1) is 0 Å². The van der Waals surface area contributed by atoms with E-state index in [1.54, 1.807) is 6.07 Å². The molecule has 0 amide bonds. The van der Waals surface area contributed by atoms with E-state index in [2.05, 4.69) is 0 Å². The maximum atomic E-state index is 13.9. The average molecular weight is 236 g/mol. The molecule has 0 atom stereocenters. The number of rotatable bonds is 2. The predicted octanol–water partition coefficient (Wildman–Crippen LogP) is 3.35. The van der Waals surface area contributed by atoms with Crippen molar-refractivity contribution in [2.75, 3.05) is 7.11 Å². The molecule has 0 spiro atoms.